The van der Waals surface area contributed by atoms with Gasteiger partial charge in [0.15, 0.2) is 0 Å². The molecular formula is C10H18O4. The van der Waals surface area contributed by atoms with Crippen molar-refractivity contribution in [2.45, 2.75) is 33.6 Å². The quantitative estimate of drug-likeness (QED) is 0.613. The van der Waals surface area contributed by atoms with Crippen LogP contribution in [0.5, 0.6) is 0 Å². The molecule has 0 heterocycles. The van der Waals surface area contributed by atoms with Gasteiger partial charge >= 0.3 is 11.9 Å². The first-order valence-corrected chi connectivity index (χ1v) is 4.87. The van der Waals surface area contributed by atoms with E-state index in [1.807, 2.05) is 13.8 Å². The van der Waals surface area contributed by atoms with Crippen molar-refractivity contribution in [1.82, 2.24) is 0 Å². The fraction of sp³-hybridized carbons (Fsp3) is 0.800. The highest BCUT2D eigenvalue weighted by atomic mass is 16.5. The van der Waals surface area contributed by atoms with E-state index in [-0.39, 0.29) is 24.8 Å². The van der Waals surface area contributed by atoms with Crippen molar-refractivity contribution < 1.29 is 19.1 Å². The topological polar surface area (TPSA) is 52.6 Å². The van der Waals surface area contributed by atoms with E-state index in [0.29, 0.717) is 19.1 Å². The van der Waals surface area contributed by atoms with Gasteiger partial charge in [-0.15, -0.1) is 0 Å². The Kier molecular flexibility index (Phi) is 6.80. The predicted octanol–water partition coefficient (Wildman–Crippen LogP) is 1.53. The molecule has 0 radical (unpaired) electrons. The van der Waals surface area contributed by atoms with Crippen LogP contribution in [0, 0.1) is 5.92 Å². The van der Waals surface area contributed by atoms with E-state index in [2.05, 4.69) is 4.74 Å². The Morgan fingerprint density at radius 2 is 1.57 bits per heavy atom. The molecule has 0 aromatic carbocycles. The molecule has 0 N–H and O–H groups in total. The summed E-state index contributed by atoms with van der Waals surface area (Å²) in [6, 6.07) is 0. The van der Waals surface area contributed by atoms with E-state index >= 15 is 0 Å². The number of carbonyl (C=O) groups is 2. The first kappa shape index (κ1) is 12.9. The average molecular weight is 202 g/mol. The summed E-state index contributed by atoms with van der Waals surface area (Å²) in [5.41, 5.74) is 0. The zero-order chi connectivity index (χ0) is 11.0. The standard InChI is InChI=1S/C10H18O4/c1-4-13-9(11)5-6-10(12)14-7-8(2)3/h8H,4-7H2,1-3H3. The monoisotopic (exact) mass is 202 g/mol. The highest BCUT2D eigenvalue weighted by Crippen LogP contribution is 1.99. The van der Waals surface area contributed by atoms with Crippen LogP contribution in [-0.2, 0) is 19.1 Å². The van der Waals surface area contributed by atoms with Crippen molar-refractivity contribution >= 4 is 11.9 Å². The summed E-state index contributed by atoms with van der Waals surface area (Å²) < 4.78 is 9.56. The summed E-state index contributed by atoms with van der Waals surface area (Å²) >= 11 is 0. The molecule has 0 spiro atoms. The number of hydrogen-bond acceptors (Lipinski definition) is 4. The van der Waals surface area contributed by atoms with E-state index in [1.165, 1.54) is 0 Å². The van der Waals surface area contributed by atoms with E-state index in [9.17, 15) is 9.59 Å². The van der Waals surface area contributed by atoms with Crippen LogP contribution in [0.3, 0.4) is 0 Å². The highest BCUT2D eigenvalue weighted by Gasteiger charge is 2.08. The molecule has 4 nitrogen and oxygen atoms in total. The summed E-state index contributed by atoms with van der Waals surface area (Å²) in [6.45, 7) is 6.40. The molecule has 4 heteroatoms. The van der Waals surface area contributed by atoms with Crippen molar-refractivity contribution in [3.8, 4) is 0 Å². The van der Waals surface area contributed by atoms with Gasteiger partial charge in [0.1, 0.15) is 0 Å². The molecule has 0 aliphatic carbocycles. The Bertz CT molecular complexity index is 187. The molecule has 0 atom stereocenters. The summed E-state index contributed by atoms with van der Waals surface area (Å²) in [6.07, 6.45) is 0.205. The molecule has 0 bridgehead atoms. The van der Waals surface area contributed by atoms with Gasteiger partial charge in [-0.25, -0.2) is 0 Å². The first-order chi connectivity index (χ1) is 6.56. The number of hydrogen-bond donors (Lipinski definition) is 0. The largest absolute Gasteiger partial charge is 0.466 e. The lowest BCUT2D eigenvalue weighted by Gasteiger charge is -2.06. The average Bonchev–Trinajstić information content (AvgIpc) is 2.12. The van der Waals surface area contributed by atoms with Crippen molar-refractivity contribution in [2.24, 2.45) is 5.92 Å². The molecule has 0 fully saturated rings. The van der Waals surface area contributed by atoms with Crippen LogP contribution in [-0.4, -0.2) is 25.2 Å². The molecule has 14 heavy (non-hydrogen) atoms. The molecular weight excluding hydrogens is 184 g/mol. The highest BCUT2D eigenvalue weighted by molar-refractivity contribution is 5.77. The maximum Gasteiger partial charge on any atom is 0.306 e. The smallest absolute Gasteiger partial charge is 0.306 e. The van der Waals surface area contributed by atoms with Crippen molar-refractivity contribution in [3.63, 3.8) is 0 Å². The second-order valence-corrected chi connectivity index (χ2v) is 3.38. The van der Waals surface area contributed by atoms with Gasteiger partial charge in [-0.1, -0.05) is 13.8 Å². The lowest BCUT2D eigenvalue weighted by Crippen LogP contribution is -2.12. The third kappa shape index (κ3) is 7.58. The normalized spacial score (nSPS) is 10.0. The van der Waals surface area contributed by atoms with Crippen LogP contribution < -0.4 is 0 Å². The lowest BCUT2D eigenvalue weighted by molar-refractivity contribution is -0.150. The molecule has 0 aromatic rings. The Morgan fingerprint density at radius 1 is 1.07 bits per heavy atom. The Morgan fingerprint density at radius 3 is 2.00 bits per heavy atom. The molecule has 82 valence electrons. The molecule has 0 aromatic heterocycles. The van der Waals surface area contributed by atoms with Gasteiger partial charge in [0.05, 0.1) is 26.1 Å². The number of ether oxygens (including phenoxy) is 2. The van der Waals surface area contributed by atoms with Gasteiger partial charge in [-0.2, -0.15) is 0 Å². The molecule has 0 aliphatic heterocycles. The van der Waals surface area contributed by atoms with Gasteiger partial charge in [0.2, 0.25) is 0 Å². The van der Waals surface area contributed by atoms with Gasteiger partial charge in [-0.05, 0) is 12.8 Å². The molecule has 0 amide bonds. The van der Waals surface area contributed by atoms with E-state index < -0.39 is 0 Å². The minimum Gasteiger partial charge on any atom is -0.466 e. The fourth-order valence-corrected chi connectivity index (χ4v) is 0.769. The zero-order valence-corrected chi connectivity index (χ0v) is 9.04. The van der Waals surface area contributed by atoms with Gasteiger partial charge in [0, 0.05) is 0 Å². The molecule has 0 unspecified atom stereocenters. The fourth-order valence-electron chi connectivity index (χ4n) is 0.769. The molecule has 0 saturated carbocycles. The molecule has 0 saturated heterocycles. The maximum atomic E-state index is 11.0. The summed E-state index contributed by atoms with van der Waals surface area (Å²) in [4.78, 5) is 21.9. The van der Waals surface area contributed by atoms with Gasteiger partial charge in [0.25, 0.3) is 0 Å². The van der Waals surface area contributed by atoms with Crippen LogP contribution >= 0.6 is 0 Å². The van der Waals surface area contributed by atoms with Crippen LogP contribution in [0.1, 0.15) is 33.6 Å². The third-order valence-corrected chi connectivity index (χ3v) is 1.42. The molecule has 0 aliphatic rings. The Balaban J connectivity index is 3.48. The SMILES string of the molecule is CCOC(=O)CCC(=O)OCC(C)C. The maximum absolute atomic E-state index is 11.0. The lowest BCUT2D eigenvalue weighted by atomic mass is 10.2. The van der Waals surface area contributed by atoms with Crippen molar-refractivity contribution in [3.05, 3.63) is 0 Å². The summed E-state index contributed by atoms with van der Waals surface area (Å²) in [5.74, 6) is -0.373. The van der Waals surface area contributed by atoms with E-state index in [4.69, 9.17) is 4.74 Å². The van der Waals surface area contributed by atoms with Crippen LogP contribution in [0.4, 0.5) is 0 Å². The minimum absolute atomic E-state index is 0.102. The van der Waals surface area contributed by atoms with Crippen molar-refractivity contribution in [2.75, 3.05) is 13.2 Å². The second kappa shape index (κ2) is 7.35. The summed E-state index contributed by atoms with van der Waals surface area (Å²) in [5, 5.41) is 0. The van der Waals surface area contributed by atoms with Crippen LogP contribution in [0.2, 0.25) is 0 Å². The first-order valence-electron chi connectivity index (χ1n) is 4.87. The van der Waals surface area contributed by atoms with E-state index in [0.717, 1.165) is 0 Å². The number of carbonyl (C=O) groups excluding carboxylic acids is 2. The van der Waals surface area contributed by atoms with E-state index in [1.54, 1.807) is 6.92 Å². The second-order valence-electron chi connectivity index (χ2n) is 3.38. The van der Waals surface area contributed by atoms with Crippen LogP contribution in [0.15, 0.2) is 0 Å². The van der Waals surface area contributed by atoms with Crippen LogP contribution in [0.25, 0.3) is 0 Å². The predicted molar refractivity (Wildman–Crippen MR) is 51.7 cm³/mol. The number of rotatable bonds is 6. The minimum atomic E-state index is -0.353. The zero-order valence-electron chi connectivity index (χ0n) is 9.04. The Labute approximate surface area is 84.6 Å². The van der Waals surface area contributed by atoms with Gasteiger partial charge < -0.3 is 9.47 Å². The Hall–Kier alpha value is -1.06. The third-order valence-electron chi connectivity index (χ3n) is 1.42. The summed E-state index contributed by atoms with van der Waals surface area (Å²) in [7, 11) is 0. The van der Waals surface area contributed by atoms with Crippen molar-refractivity contribution in [1.29, 1.82) is 0 Å². The molecule has 0 rings (SSSR count). The number of esters is 2. The van der Waals surface area contributed by atoms with Gasteiger partial charge in [-0.3, -0.25) is 9.59 Å².